The van der Waals surface area contributed by atoms with Gasteiger partial charge >= 0.3 is 30.0 Å². The van der Waals surface area contributed by atoms with E-state index in [4.69, 9.17) is 43.6 Å². The normalized spacial score (nSPS) is 19.1. The predicted molar refractivity (Wildman–Crippen MR) is 206 cm³/mol. The fraction of sp³-hybridized carbons (Fsp3) is 0.475. The maximum atomic E-state index is 12.3. The first-order chi connectivity index (χ1) is 27.6. The fourth-order valence-electron chi connectivity index (χ4n) is 6.00. The molecule has 58 heavy (non-hydrogen) atoms. The molecule has 1 saturated heterocycles. The summed E-state index contributed by atoms with van der Waals surface area (Å²) >= 11 is 0. The minimum Gasteiger partial charge on any atom is -0.494 e. The number of carbonyl (C=O) groups excluding carboxylic acids is 5. The largest absolute Gasteiger partial charge is 0.494 e. The molecule has 0 radical (unpaired) electrons. The first-order valence-electron chi connectivity index (χ1n) is 18.6. The summed E-state index contributed by atoms with van der Waals surface area (Å²) in [6.07, 6.45) is -6.63. The molecule has 1 fully saturated rings. The van der Waals surface area contributed by atoms with Crippen LogP contribution in [0.5, 0.6) is 11.6 Å². The monoisotopic (exact) mass is 809 g/mol. The van der Waals surface area contributed by atoms with Crippen LogP contribution in [0.3, 0.4) is 0 Å². The Morgan fingerprint density at radius 3 is 2.21 bits per heavy atom. The molecule has 4 N–H and O–H groups in total. The maximum absolute atomic E-state index is 12.3. The molecule has 1 aliphatic rings. The fourth-order valence-corrected chi connectivity index (χ4v) is 6.00. The Morgan fingerprint density at radius 2 is 1.57 bits per heavy atom. The van der Waals surface area contributed by atoms with Crippen LogP contribution in [0.2, 0.25) is 0 Å². The molecule has 5 atom stereocenters. The van der Waals surface area contributed by atoms with Gasteiger partial charge in [-0.05, 0) is 41.7 Å². The molecule has 3 aromatic rings. The SMILES string of the molecule is CC(=O)OC[C@H]1OC(Oc2n[nH]c(C(C)C)c2Cc2ccc(OCCCN=C(N)NC(=O)OCc3ccccc3)cc2C)[C@H](OC(C)=O)[C@@H](OC(C)=O)[C@@H]1OC(C)=O. The van der Waals surface area contributed by atoms with Crippen molar-refractivity contribution in [3.8, 4) is 11.6 Å². The van der Waals surface area contributed by atoms with Crippen LogP contribution in [0.4, 0.5) is 4.79 Å². The standard InChI is InChI=1S/C40H51N5O13/c1-22(2)33-31(19-29-14-15-30(18-23(29)3)51-17-11-16-42-39(41)43-40(50)53-20-28-12-9-8-10-13-28)37(45-44-33)58-38-36(56-27(7)49)35(55-26(6)48)34(54-25(5)47)32(57-38)21-52-24(4)46/h8-10,12-15,18,22,32,34-36,38H,11,16-17,19-21H2,1-7H3,(H,44,45)(H3,41,42,43,50)/t32-,34-,35+,36-,38?/m1/s1. The summed E-state index contributed by atoms with van der Waals surface area (Å²) in [7, 11) is 0. The van der Waals surface area contributed by atoms with Crippen LogP contribution < -0.4 is 20.5 Å². The molecule has 2 aromatic carbocycles. The van der Waals surface area contributed by atoms with E-state index in [0.29, 0.717) is 37.3 Å². The highest BCUT2D eigenvalue weighted by atomic mass is 16.7. The number of hydrogen-bond acceptors (Lipinski definition) is 15. The summed E-state index contributed by atoms with van der Waals surface area (Å²) in [4.78, 5) is 64.7. The zero-order valence-electron chi connectivity index (χ0n) is 33.6. The zero-order chi connectivity index (χ0) is 42.4. The van der Waals surface area contributed by atoms with Crippen LogP contribution in [0.15, 0.2) is 53.5 Å². The van der Waals surface area contributed by atoms with Crippen molar-refractivity contribution in [2.75, 3.05) is 19.8 Å². The Bertz CT molecular complexity index is 1920. The van der Waals surface area contributed by atoms with E-state index in [-0.39, 0.29) is 24.4 Å². The number of benzene rings is 2. The predicted octanol–water partition coefficient (Wildman–Crippen LogP) is 3.90. The number of ether oxygens (including phenoxy) is 8. The molecular weight excluding hydrogens is 758 g/mol. The number of nitrogens with two attached hydrogens (primary N) is 1. The van der Waals surface area contributed by atoms with Gasteiger partial charge in [-0.3, -0.25) is 34.6 Å². The minimum atomic E-state index is -1.46. The van der Waals surface area contributed by atoms with E-state index in [1.165, 1.54) is 6.92 Å². The number of alkyl carbamates (subject to hydrolysis) is 1. The minimum absolute atomic E-state index is 0.0232. The van der Waals surface area contributed by atoms with E-state index in [9.17, 15) is 24.0 Å². The Balaban J connectivity index is 1.45. The van der Waals surface area contributed by atoms with Crippen molar-refractivity contribution >= 4 is 35.9 Å². The number of aromatic nitrogens is 2. The lowest BCUT2D eigenvalue weighted by Crippen LogP contribution is -2.63. The van der Waals surface area contributed by atoms with Gasteiger partial charge in [-0.25, -0.2) is 4.79 Å². The zero-order valence-corrected chi connectivity index (χ0v) is 33.6. The van der Waals surface area contributed by atoms with E-state index < -0.39 is 67.3 Å². The Hall–Kier alpha value is -6.17. The highest BCUT2D eigenvalue weighted by Gasteiger charge is 2.53. The van der Waals surface area contributed by atoms with E-state index in [1.807, 2.05) is 69.3 Å². The van der Waals surface area contributed by atoms with Gasteiger partial charge in [0.15, 0.2) is 18.2 Å². The van der Waals surface area contributed by atoms with Gasteiger partial charge in [0.25, 0.3) is 0 Å². The topological polar surface area (TPSA) is 238 Å². The van der Waals surface area contributed by atoms with Crippen LogP contribution in [-0.2, 0) is 60.6 Å². The van der Waals surface area contributed by atoms with Crippen LogP contribution >= 0.6 is 0 Å². The summed E-state index contributed by atoms with van der Waals surface area (Å²) in [6, 6.07) is 14.9. The number of amides is 1. The van der Waals surface area contributed by atoms with Crippen molar-refractivity contribution in [2.24, 2.45) is 10.7 Å². The molecule has 0 spiro atoms. The quantitative estimate of drug-likeness (QED) is 0.0576. The van der Waals surface area contributed by atoms with E-state index in [2.05, 4.69) is 20.5 Å². The van der Waals surface area contributed by atoms with Crippen molar-refractivity contribution in [1.29, 1.82) is 0 Å². The molecule has 1 aliphatic heterocycles. The molecule has 4 rings (SSSR count). The molecule has 0 bridgehead atoms. The number of carbonyl (C=O) groups is 5. The van der Waals surface area contributed by atoms with Gasteiger partial charge in [0.1, 0.15) is 25.1 Å². The number of nitrogens with zero attached hydrogens (tertiary/aromatic N) is 2. The number of nitrogens with one attached hydrogen (secondary N) is 2. The number of aromatic amines is 1. The molecule has 2 heterocycles. The second-order valence-electron chi connectivity index (χ2n) is 13.7. The number of aryl methyl sites for hydroxylation is 1. The van der Waals surface area contributed by atoms with Gasteiger partial charge in [-0.1, -0.05) is 50.2 Å². The molecular formula is C40H51N5O13. The lowest BCUT2D eigenvalue weighted by Gasteiger charge is -2.43. The molecule has 314 valence electrons. The highest BCUT2D eigenvalue weighted by Crippen LogP contribution is 2.35. The van der Waals surface area contributed by atoms with Gasteiger partial charge in [-0.2, -0.15) is 0 Å². The molecule has 0 aliphatic carbocycles. The summed E-state index contributed by atoms with van der Waals surface area (Å²) in [6.45, 7) is 10.9. The molecule has 1 unspecified atom stereocenters. The van der Waals surface area contributed by atoms with Crippen molar-refractivity contribution in [3.63, 3.8) is 0 Å². The molecule has 0 saturated carbocycles. The third kappa shape index (κ3) is 13.5. The summed E-state index contributed by atoms with van der Waals surface area (Å²) in [5.41, 5.74) is 9.94. The summed E-state index contributed by atoms with van der Waals surface area (Å²) in [5.74, 6) is -2.24. The number of guanidine groups is 1. The lowest BCUT2D eigenvalue weighted by molar-refractivity contribution is -0.289. The maximum Gasteiger partial charge on any atom is 0.414 e. The van der Waals surface area contributed by atoms with E-state index in [1.54, 1.807) is 0 Å². The van der Waals surface area contributed by atoms with Crippen LogP contribution in [0.25, 0.3) is 0 Å². The Kier molecular flexibility index (Phi) is 16.4. The smallest absolute Gasteiger partial charge is 0.414 e. The number of aliphatic imine (C=N–C) groups is 1. The molecule has 1 amide bonds. The van der Waals surface area contributed by atoms with Crippen LogP contribution in [0, 0.1) is 6.92 Å². The van der Waals surface area contributed by atoms with Crippen LogP contribution in [-0.4, -0.2) is 96.6 Å². The first kappa shape index (κ1) is 44.5. The number of hydrogen-bond donors (Lipinski definition) is 3. The van der Waals surface area contributed by atoms with Gasteiger partial charge < -0.3 is 43.6 Å². The van der Waals surface area contributed by atoms with Crippen LogP contribution in [0.1, 0.15) is 81.8 Å². The van der Waals surface area contributed by atoms with Crippen molar-refractivity contribution in [3.05, 3.63) is 76.5 Å². The average molecular weight is 810 g/mol. The van der Waals surface area contributed by atoms with Crippen molar-refractivity contribution < 1.29 is 61.9 Å². The van der Waals surface area contributed by atoms with E-state index >= 15 is 0 Å². The second-order valence-corrected chi connectivity index (χ2v) is 13.7. The first-order valence-corrected chi connectivity index (χ1v) is 18.6. The summed E-state index contributed by atoms with van der Waals surface area (Å²) in [5, 5.41) is 9.86. The molecule has 18 heteroatoms. The number of esters is 4. The third-order valence-electron chi connectivity index (χ3n) is 8.59. The molecule has 18 nitrogen and oxygen atoms in total. The van der Waals surface area contributed by atoms with Gasteiger partial charge in [-0.15, -0.1) is 5.10 Å². The summed E-state index contributed by atoms with van der Waals surface area (Å²) < 4.78 is 45.3. The number of rotatable bonds is 17. The average Bonchev–Trinajstić information content (AvgIpc) is 3.55. The molecule has 1 aromatic heterocycles. The van der Waals surface area contributed by atoms with E-state index in [0.717, 1.165) is 43.2 Å². The highest BCUT2D eigenvalue weighted by molar-refractivity contribution is 5.92. The third-order valence-corrected chi connectivity index (χ3v) is 8.59. The van der Waals surface area contributed by atoms with Crippen molar-refractivity contribution in [1.82, 2.24) is 15.5 Å². The van der Waals surface area contributed by atoms with Gasteiger partial charge in [0, 0.05) is 58.3 Å². The van der Waals surface area contributed by atoms with Gasteiger partial charge in [0.2, 0.25) is 18.3 Å². The van der Waals surface area contributed by atoms with Gasteiger partial charge in [0.05, 0.1) is 6.61 Å². The number of H-pyrrole nitrogens is 1. The second kappa shape index (κ2) is 21.4. The lowest BCUT2D eigenvalue weighted by atomic mass is 9.96. The van der Waals surface area contributed by atoms with Crippen molar-refractivity contribution in [2.45, 2.75) is 105 Å². The Morgan fingerprint density at radius 1 is 0.897 bits per heavy atom. The Labute approximate surface area is 336 Å².